The molecule has 2 aromatic rings. The lowest BCUT2D eigenvalue weighted by Crippen LogP contribution is -2.32. The first-order valence-electron chi connectivity index (χ1n) is 6.37. The van der Waals surface area contributed by atoms with Crippen molar-refractivity contribution >= 4 is 23.7 Å². The SMILES string of the molecule is COc1ccc(NC(=O)C(=O)NN=Cc2cccnc2)cc1. The minimum Gasteiger partial charge on any atom is -0.497 e. The van der Waals surface area contributed by atoms with Gasteiger partial charge in [0.05, 0.1) is 13.3 Å². The van der Waals surface area contributed by atoms with E-state index in [-0.39, 0.29) is 0 Å². The number of ether oxygens (including phenoxy) is 1. The fraction of sp³-hybridized carbons (Fsp3) is 0.0667. The van der Waals surface area contributed by atoms with E-state index < -0.39 is 11.8 Å². The third kappa shape index (κ3) is 4.41. The minimum atomic E-state index is -0.865. The van der Waals surface area contributed by atoms with E-state index in [1.54, 1.807) is 55.9 Å². The normalized spacial score (nSPS) is 10.2. The van der Waals surface area contributed by atoms with Gasteiger partial charge >= 0.3 is 11.8 Å². The first-order valence-corrected chi connectivity index (χ1v) is 6.37. The van der Waals surface area contributed by atoms with Crippen molar-refractivity contribution < 1.29 is 14.3 Å². The van der Waals surface area contributed by atoms with Crippen LogP contribution < -0.4 is 15.5 Å². The van der Waals surface area contributed by atoms with Crippen LogP contribution in [0, 0.1) is 0 Å². The third-order valence-corrected chi connectivity index (χ3v) is 2.62. The Morgan fingerprint density at radius 3 is 2.59 bits per heavy atom. The zero-order chi connectivity index (χ0) is 15.8. The zero-order valence-electron chi connectivity index (χ0n) is 11.8. The van der Waals surface area contributed by atoms with E-state index in [2.05, 4.69) is 20.8 Å². The molecule has 2 amide bonds. The molecule has 0 spiro atoms. The Bertz CT molecular complexity index is 669. The number of carbonyl (C=O) groups excluding carboxylic acids is 2. The summed E-state index contributed by atoms with van der Waals surface area (Å²) in [6, 6.07) is 10.1. The second-order valence-electron chi connectivity index (χ2n) is 4.17. The molecule has 0 atom stereocenters. The predicted molar refractivity (Wildman–Crippen MR) is 81.6 cm³/mol. The predicted octanol–water partition coefficient (Wildman–Crippen LogP) is 1.18. The number of pyridine rings is 1. The Kier molecular flexibility index (Phi) is 5.20. The second kappa shape index (κ2) is 7.53. The van der Waals surface area contributed by atoms with E-state index in [0.717, 1.165) is 0 Å². The average molecular weight is 298 g/mol. The summed E-state index contributed by atoms with van der Waals surface area (Å²) in [5.74, 6) is -1.02. The molecule has 0 aliphatic rings. The molecule has 22 heavy (non-hydrogen) atoms. The van der Waals surface area contributed by atoms with Crippen LogP contribution in [-0.4, -0.2) is 30.1 Å². The van der Waals surface area contributed by atoms with Gasteiger partial charge in [-0.1, -0.05) is 6.07 Å². The molecule has 1 heterocycles. The minimum absolute atomic E-state index is 0.484. The van der Waals surface area contributed by atoms with Crippen molar-refractivity contribution in [3.05, 3.63) is 54.4 Å². The number of hydrogen-bond acceptors (Lipinski definition) is 5. The number of hydrazone groups is 1. The standard InChI is InChI=1S/C15H14N4O3/c1-22-13-6-4-12(5-7-13)18-14(20)15(21)19-17-10-11-3-2-8-16-9-11/h2-10H,1H3,(H,18,20)(H,19,21). The van der Waals surface area contributed by atoms with Crippen molar-refractivity contribution in [3.63, 3.8) is 0 Å². The van der Waals surface area contributed by atoms with Crippen LogP contribution in [0.2, 0.25) is 0 Å². The molecule has 7 nitrogen and oxygen atoms in total. The summed E-state index contributed by atoms with van der Waals surface area (Å²) < 4.78 is 5.00. The van der Waals surface area contributed by atoms with E-state index >= 15 is 0 Å². The van der Waals surface area contributed by atoms with Gasteiger partial charge in [0.15, 0.2) is 0 Å². The lowest BCUT2D eigenvalue weighted by Gasteiger charge is -2.05. The number of aromatic nitrogens is 1. The van der Waals surface area contributed by atoms with Crippen molar-refractivity contribution in [1.29, 1.82) is 0 Å². The Morgan fingerprint density at radius 2 is 1.95 bits per heavy atom. The molecule has 7 heteroatoms. The number of nitrogens with zero attached hydrogens (tertiary/aromatic N) is 2. The van der Waals surface area contributed by atoms with E-state index in [1.807, 2.05) is 0 Å². The molecule has 2 N–H and O–H groups in total. The van der Waals surface area contributed by atoms with E-state index in [1.165, 1.54) is 6.21 Å². The summed E-state index contributed by atoms with van der Waals surface area (Å²) >= 11 is 0. The summed E-state index contributed by atoms with van der Waals surface area (Å²) in [5, 5.41) is 6.14. The number of methoxy groups -OCH3 is 1. The number of benzene rings is 1. The van der Waals surface area contributed by atoms with Crippen molar-refractivity contribution in [1.82, 2.24) is 10.4 Å². The average Bonchev–Trinajstić information content (AvgIpc) is 2.56. The van der Waals surface area contributed by atoms with E-state index in [0.29, 0.717) is 17.0 Å². The smallest absolute Gasteiger partial charge is 0.329 e. The molecule has 1 aromatic carbocycles. The monoisotopic (exact) mass is 298 g/mol. The second-order valence-corrected chi connectivity index (χ2v) is 4.17. The quantitative estimate of drug-likeness (QED) is 0.503. The zero-order valence-corrected chi connectivity index (χ0v) is 11.8. The molecule has 0 fully saturated rings. The van der Waals surface area contributed by atoms with Crippen molar-refractivity contribution in [3.8, 4) is 5.75 Å². The molecular weight excluding hydrogens is 284 g/mol. The lowest BCUT2D eigenvalue weighted by atomic mass is 10.3. The van der Waals surface area contributed by atoms with Crippen molar-refractivity contribution in [2.45, 2.75) is 0 Å². The molecule has 112 valence electrons. The van der Waals surface area contributed by atoms with Crippen LogP contribution in [0.15, 0.2) is 53.9 Å². The molecule has 0 unspecified atom stereocenters. The number of nitrogens with one attached hydrogen (secondary N) is 2. The molecule has 1 aromatic heterocycles. The van der Waals surface area contributed by atoms with Crippen LogP contribution in [0.1, 0.15) is 5.56 Å². The third-order valence-electron chi connectivity index (χ3n) is 2.62. The summed E-state index contributed by atoms with van der Waals surface area (Å²) in [6.07, 6.45) is 4.59. The van der Waals surface area contributed by atoms with E-state index in [4.69, 9.17) is 4.74 Å². The van der Waals surface area contributed by atoms with Crippen LogP contribution >= 0.6 is 0 Å². The Morgan fingerprint density at radius 1 is 1.18 bits per heavy atom. The number of amides is 2. The molecule has 0 bridgehead atoms. The van der Waals surface area contributed by atoms with Crippen LogP contribution in [0.4, 0.5) is 5.69 Å². The maximum absolute atomic E-state index is 11.7. The van der Waals surface area contributed by atoms with Gasteiger partial charge in [0.1, 0.15) is 5.75 Å². The number of anilines is 1. The van der Waals surface area contributed by atoms with Gasteiger partial charge in [0.2, 0.25) is 0 Å². The fourth-order valence-corrected chi connectivity index (χ4v) is 1.53. The molecule has 2 rings (SSSR count). The fourth-order valence-electron chi connectivity index (χ4n) is 1.53. The Hall–Kier alpha value is -3.22. The van der Waals surface area contributed by atoms with Gasteiger partial charge < -0.3 is 10.1 Å². The summed E-state index contributed by atoms with van der Waals surface area (Å²) in [7, 11) is 1.54. The maximum Gasteiger partial charge on any atom is 0.329 e. The van der Waals surface area contributed by atoms with Crippen LogP contribution in [0.25, 0.3) is 0 Å². The summed E-state index contributed by atoms with van der Waals surface area (Å²) in [4.78, 5) is 27.1. The highest BCUT2D eigenvalue weighted by atomic mass is 16.5. The molecule has 0 saturated carbocycles. The van der Waals surface area contributed by atoms with Gasteiger partial charge in [-0.05, 0) is 30.3 Å². The van der Waals surface area contributed by atoms with Crippen molar-refractivity contribution in [2.75, 3.05) is 12.4 Å². The molecular formula is C15H14N4O3. The molecule has 0 saturated heterocycles. The highest BCUT2D eigenvalue weighted by molar-refractivity contribution is 6.39. The van der Waals surface area contributed by atoms with Gasteiger partial charge in [-0.15, -0.1) is 0 Å². The van der Waals surface area contributed by atoms with Crippen LogP contribution in [0.3, 0.4) is 0 Å². The van der Waals surface area contributed by atoms with Gasteiger partial charge in [0.25, 0.3) is 0 Å². The Balaban J connectivity index is 1.86. The lowest BCUT2D eigenvalue weighted by molar-refractivity contribution is -0.136. The summed E-state index contributed by atoms with van der Waals surface area (Å²) in [5.41, 5.74) is 3.33. The number of carbonyl (C=O) groups is 2. The van der Waals surface area contributed by atoms with Crippen LogP contribution in [0.5, 0.6) is 5.75 Å². The number of hydrogen-bond donors (Lipinski definition) is 2. The topological polar surface area (TPSA) is 92.7 Å². The van der Waals surface area contributed by atoms with Crippen LogP contribution in [-0.2, 0) is 9.59 Å². The van der Waals surface area contributed by atoms with Gasteiger partial charge in [-0.2, -0.15) is 5.10 Å². The van der Waals surface area contributed by atoms with E-state index in [9.17, 15) is 9.59 Å². The first kappa shape index (κ1) is 15.2. The molecule has 0 aliphatic carbocycles. The maximum atomic E-state index is 11.7. The summed E-state index contributed by atoms with van der Waals surface area (Å²) in [6.45, 7) is 0. The Labute approximate surface area is 127 Å². The van der Waals surface area contributed by atoms with Gasteiger partial charge in [-0.25, -0.2) is 5.43 Å². The molecule has 0 aliphatic heterocycles. The van der Waals surface area contributed by atoms with Gasteiger partial charge in [-0.3, -0.25) is 14.6 Å². The van der Waals surface area contributed by atoms with Gasteiger partial charge in [0, 0.05) is 23.6 Å². The highest BCUT2D eigenvalue weighted by Crippen LogP contribution is 2.14. The first-order chi connectivity index (χ1) is 10.7. The van der Waals surface area contributed by atoms with Crippen molar-refractivity contribution in [2.24, 2.45) is 5.10 Å². The number of rotatable bonds is 4. The molecule has 0 radical (unpaired) electrons. The largest absolute Gasteiger partial charge is 0.497 e. The highest BCUT2D eigenvalue weighted by Gasteiger charge is 2.12.